The van der Waals surface area contributed by atoms with E-state index >= 15 is 0 Å². The van der Waals surface area contributed by atoms with Gasteiger partial charge in [0.2, 0.25) is 0 Å². The Morgan fingerprint density at radius 1 is 2.00 bits per heavy atom. The summed E-state index contributed by atoms with van der Waals surface area (Å²) in [5, 5.41) is -1.19. The Hall–Kier alpha value is -0.310. The average Bonchev–Trinajstić information content (AvgIpc) is 1.38. The molecule has 0 aromatic carbocycles. The fraction of sp³-hybridized carbons (Fsp3) is 0. The van der Waals surface area contributed by atoms with Crippen molar-refractivity contribution < 1.29 is 9.28 Å². The van der Waals surface area contributed by atoms with Crippen LogP contribution in [0.2, 0.25) is 0 Å². The number of hydrogen-bond donors (Lipinski definition) is 1. The summed E-state index contributed by atoms with van der Waals surface area (Å²) < 4.78 is 10.4. The van der Waals surface area contributed by atoms with Crippen LogP contribution in [-0.4, -0.2) is 5.37 Å². The molecule has 0 heterocycles. The van der Waals surface area contributed by atoms with E-state index in [4.69, 9.17) is 4.79 Å². The van der Waals surface area contributed by atoms with Crippen LogP contribution in [0.4, 0.5) is 9.28 Å². The minimum Gasteiger partial charge on any atom is -0.253 e. The standard InChI is InChI=1S/CHClFNO/c2-1(5)4-3/h(H,4,5). The van der Waals surface area contributed by atoms with Gasteiger partial charge in [-0.05, 0) is 11.6 Å². The molecule has 1 N–H and O–H groups in total. The van der Waals surface area contributed by atoms with Gasteiger partial charge in [-0.25, -0.2) is 0 Å². The molecule has 0 spiro atoms. The number of carbonyl (C=O) groups is 1. The Bertz CT molecular complexity index is 46.9. The van der Waals surface area contributed by atoms with Crippen LogP contribution in [0.1, 0.15) is 0 Å². The van der Waals surface area contributed by atoms with E-state index in [-0.39, 0.29) is 0 Å². The van der Waals surface area contributed by atoms with Gasteiger partial charge in [0.15, 0.2) is 0 Å². The third-order valence-corrected chi connectivity index (χ3v) is 0.146. The number of halogens is 2. The maximum Gasteiger partial charge on any atom is 0.341 e. The van der Waals surface area contributed by atoms with Gasteiger partial charge in [0, 0.05) is 0 Å². The predicted molar refractivity (Wildman–Crippen MR) is 15.5 cm³/mol. The third-order valence-electron chi connectivity index (χ3n) is 0.0743. The second-order valence-corrected chi connectivity index (χ2v) is 0.711. The van der Waals surface area contributed by atoms with Crippen molar-refractivity contribution in [3.8, 4) is 0 Å². The summed E-state index contributed by atoms with van der Waals surface area (Å²) in [5.41, 5.74) is 0.654. The molecule has 0 radical (unpaired) electrons. The second-order valence-electron chi connectivity index (χ2n) is 0.368. The SMILES string of the molecule is O=C(Cl)NF. The molecule has 0 aromatic rings. The van der Waals surface area contributed by atoms with Gasteiger partial charge in [0.25, 0.3) is 0 Å². The molecular formula is CHClFNO. The number of nitrogens with one attached hydrogen (secondary N) is 1. The van der Waals surface area contributed by atoms with Gasteiger partial charge in [-0.3, -0.25) is 4.79 Å². The Morgan fingerprint density at radius 2 is 2.20 bits per heavy atom. The van der Waals surface area contributed by atoms with E-state index in [0.717, 1.165) is 0 Å². The molecular weight excluding hydrogens is 96.5 g/mol. The minimum absolute atomic E-state index is 0.654. The van der Waals surface area contributed by atoms with E-state index in [2.05, 4.69) is 11.6 Å². The molecule has 0 saturated carbocycles. The molecule has 5 heavy (non-hydrogen) atoms. The molecule has 0 aliphatic rings. The van der Waals surface area contributed by atoms with Crippen LogP contribution < -0.4 is 5.54 Å². The van der Waals surface area contributed by atoms with Crippen LogP contribution in [0.5, 0.6) is 0 Å². The molecule has 0 bridgehead atoms. The fourth-order valence-electron chi connectivity index (χ4n) is 0. The zero-order valence-electron chi connectivity index (χ0n) is 2.16. The molecule has 2 nitrogen and oxygen atoms in total. The summed E-state index contributed by atoms with van der Waals surface area (Å²) in [6, 6.07) is 0. The Labute approximate surface area is 32.9 Å². The molecule has 0 aliphatic heterocycles. The highest BCUT2D eigenvalue weighted by Crippen LogP contribution is 1.71. The van der Waals surface area contributed by atoms with E-state index in [0.29, 0.717) is 5.54 Å². The lowest BCUT2D eigenvalue weighted by Crippen LogP contribution is -2.00. The first kappa shape index (κ1) is 4.69. The fourth-order valence-corrected chi connectivity index (χ4v) is 0. The van der Waals surface area contributed by atoms with Gasteiger partial charge in [-0.1, -0.05) is 4.48 Å². The molecule has 1 amide bonds. The second kappa shape index (κ2) is 1.96. The smallest absolute Gasteiger partial charge is 0.253 e. The first-order chi connectivity index (χ1) is 2.27. The highest BCUT2D eigenvalue weighted by Gasteiger charge is 1.81. The maximum absolute atomic E-state index is 10.4. The summed E-state index contributed by atoms with van der Waals surface area (Å²) in [7, 11) is 0. The number of hydrogen-bond acceptors (Lipinski definition) is 1. The van der Waals surface area contributed by atoms with Crippen molar-refractivity contribution in [2.75, 3.05) is 0 Å². The largest absolute Gasteiger partial charge is 0.341 e. The lowest BCUT2D eigenvalue weighted by Gasteiger charge is -1.70. The van der Waals surface area contributed by atoms with Gasteiger partial charge >= 0.3 is 5.37 Å². The molecule has 0 saturated heterocycles. The van der Waals surface area contributed by atoms with Crippen molar-refractivity contribution in [1.82, 2.24) is 5.54 Å². The van der Waals surface area contributed by atoms with E-state index in [1.54, 1.807) is 0 Å². The van der Waals surface area contributed by atoms with Crippen LogP contribution in [0.25, 0.3) is 0 Å². The van der Waals surface area contributed by atoms with Gasteiger partial charge in [0.05, 0.1) is 0 Å². The summed E-state index contributed by atoms with van der Waals surface area (Å²) in [6.45, 7) is 0. The van der Waals surface area contributed by atoms with Crippen molar-refractivity contribution in [1.29, 1.82) is 0 Å². The quantitative estimate of drug-likeness (QED) is 0.271. The van der Waals surface area contributed by atoms with Crippen molar-refractivity contribution in [3.05, 3.63) is 0 Å². The third kappa shape index (κ3) is 3.69. The zero-order chi connectivity index (χ0) is 4.28. The van der Waals surface area contributed by atoms with Crippen molar-refractivity contribution >= 4 is 17.0 Å². The van der Waals surface area contributed by atoms with E-state index < -0.39 is 5.37 Å². The average molecular weight is 97.5 g/mol. The van der Waals surface area contributed by atoms with E-state index in [1.165, 1.54) is 0 Å². The molecule has 0 fully saturated rings. The number of amides is 1. The number of carbonyl (C=O) groups excluding carboxylic acids is 1. The van der Waals surface area contributed by atoms with Gasteiger partial charge in [-0.2, -0.15) is 5.54 Å². The monoisotopic (exact) mass is 97.0 g/mol. The zero-order valence-corrected chi connectivity index (χ0v) is 2.92. The van der Waals surface area contributed by atoms with E-state index in [9.17, 15) is 4.48 Å². The number of rotatable bonds is 0. The normalized spacial score (nSPS) is 6.80. The molecule has 0 aliphatic carbocycles. The van der Waals surface area contributed by atoms with Crippen molar-refractivity contribution in [2.45, 2.75) is 0 Å². The minimum atomic E-state index is -1.19. The maximum atomic E-state index is 10.4. The lowest BCUT2D eigenvalue weighted by molar-refractivity contribution is 0.238. The molecule has 0 aromatic heterocycles. The summed E-state index contributed by atoms with van der Waals surface area (Å²) >= 11 is 4.34. The van der Waals surface area contributed by atoms with Crippen LogP contribution in [0.15, 0.2) is 0 Å². The highest BCUT2D eigenvalue weighted by molar-refractivity contribution is 6.62. The Kier molecular flexibility index (Phi) is 1.84. The summed E-state index contributed by atoms with van der Waals surface area (Å²) in [4.78, 5) is 9.09. The summed E-state index contributed by atoms with van der Waals surface area (Å²) in [5.74, 6) is 0. The van der Waals surface area contributed by atoms with Crippen LogP contribution in [-0.2, 0) is 0 Å². The van der Waals surface area contributed by atoms with Crippen molar-refractivity contribution in [3.63, 3.8) is 0 Å². The lowest BCUT2D eigenvalue weighted by atomic mass is 11.4. The van der Waals surface area contributed by atoms with Crippen molar-refractivity contribution in [2.24, 2.45) is 0 Å². The first-order valence-electron chi connectivity index (χ1n) is 0.832. The van der Waals surface area contributed by atoms with Gasteiger partial charge < -0.3 is 0 Å². The van der Waals surface area contributed by atoms with Crippen LogP contribution in [0.3, 0.4) is 0 Å². The molecule has 0 rings (SSSR count). The summed E-state index contributed by atoms with van der Waals surface area (Å²) in [6.07, 6.45) is 0. The van der Waals surface area contributed by atoms with Crippen LogP contribution >= 0.6 is 11.6 Å². The Morgan fingerprint density at radius 3 is 2.20 bits per heavy atom. The Balaban J connectivity index is 2.85. The molecule has 30 valence electrons. The van der Waals surface area contributed by atoms with Gasteiger partial charge in [-0.15, -0.1) is 0 Å². The molecule has 0 atom stereocenters. The molecule has 4 heteroatoms. The predicted octanol–water partition coefficient (Wildman–Crippen LogP) is 0.819. The first-order valence-corrected chi connectivity index (χ1v) is 1.21. The van der Waals surface area contributed by atoms with Crippen LogP contribution in [0, 0.1) is 0 Å². The van der Waals surface area contributed by atoms with E-state index in [1.807, 2.05) is 0 Å². The van der Waals surface area contributed by atoms with Gasteiger partial charge in [0.1, 0.15) is 0 Å². The topological polar surface area (TPSA) is 29.1 Å². The highest BCUT2D eigenvalue weighted by atomic mass is 35.5. The molecule has 0 unspecified atom stereocenters.